The Balaban J connectivity index is 1.03. The Hall–Kier alpha value is -7.63. The number of fused-ring (bicyclic) bond motifs is 10. The standard InChI is InChI=1S/C53H35N5/c1-3-16-36(17-4-1)51-54-52(56-53(55-51)38-28-29-46-44(33-38)43-24-11-12-25-45(43)57(46)39-19-5-2-6-20-39)37-18-13-21-40(32-37)58-47-30-26-34-14-7-9-22-41(34)49(47)50-42-23-10-8-15-35(42)27-31-48(50)58/h1-32,38H,33H2. The van der Waals surface area contributed by atoms with Crippen LogP contribution in [0.3, 0.4) is 0 Å². The maximum absolute atomic E-state index is 5.31. The normalized spacial score (nSPS) is 13.9. The first-order valence-corrected chi connectivity index (χ1v) is 19.9. The highest BCUT2D eigenvalue weighted by Gasteiger charge is 2.26. The molecule has 5 heteroatoms. The maximum atomic E-state index is 5.31. The van der Waals surface area contributed by atoms with Crippen molar-refractivity contribution < 1.29 is 0 Å². The summed E-state index contributed by atoms with van der Waals surface area (Å²) in [6, 6.07) is 64.7. The number of allylic oxidation sites excluding steroid dienone is 1. The number of para-hydroxylation sites is 2. The molecule has 1 aliphatic rings. The molecule has 58 heavy (non-hydrogen) atoms. The quantitative estimate of drug-likeness (QED) is 0.176. The maximum Gasteiger partial charge on any atom is 0.163 e. The van der Waals surface area contributed by atoms with E-state index in [-0.39, 0.29) is 5.92 Å². The smallest absolute Gasteiger partial charge is 0.163 e. The van der Waals surface area contributed by atoms with Crippen molar-refractivity contribution in [3.05, 3.63) is 205 Å². The Morgan fingerprint density at radius 2 is 1.00 bits per heavy atom. The van der Waals surface area contributed by atoms with Gasteiger partial charge in [-0.15, -0.1) is 0 Å². The molecule has 1 atom stereocenters. The lowest BCUT2D eigenvalue weighted by Crippen LogP contribution is -2.12. The Labute approximate surface area is 334 Å². The summed E-state index contributed by atoms with van der Waals surface area (Å²) < 4.78 is 4.78. The molecular weight excluding hydrogens is 707 g/mol. The van der Waals surface area contributed by atoms with Gasteiger partial charge >= 0.3 is 0 Å². The van der Waals surface area contributed by atoms with Crippen LogP contribution in [0.4, 0.5) is 0 Å². The summed E-state index contributed by atoms with van der Waals surface area (Å²) in [5.41, 5.74) is 10.2. The molecule has 0 saturated heterocycles. The van der Waals surface area contributed by atoms with Gasteiger partial charge in [0.2, 0.25) is 0 Å². The molecule has 5 nitrogen and oxygen atoms in total. The lowest BCUT2D eigenvalue weighted by molar-refractivity contribution is 0.748. The zero-order valence-electron chi connectivity index (χ0n) is 31.5. The highest BCUT2D eigenvalue weighted by Crippen LogP contribution is 2.42. The second-order valence-electron chi connectivity index (χ2n) is 15.2. The van der Waals surface area contributed by atoms with Crippen LogP contribution < -0.4 is 0 Å². The molecule has 11 aromatic rings. The number of benzene rings is 8. The average Bonchev–Trinajstić information content (AvgIpc) is 3.83. The number of hydrogen-bond acceptors (Lipinski definition) is 3. The predicted octanol–water partition coefficient (Wildman–Crippen LogP) is 12.9. The molecule has 272 valence electrons. The summed E-state index contributed by atoms with van der Waals surface area (Å²) in [6.07, 6.45) is 5.32. The molecule has 3 aromatic heterocycles. The molecule has 0 spiro atoms. The minimum absolute atomic E-state index is 0.0335. The van der Waals surface area contributed by atoms with Gasteiger partial charge in [0.1, 0.15) is 5.82 Å². The molecule has 0 N–H and O–H groups in total. The van der Waals surface area contributed by atoms with E-state index in [4.69, 9.17) is 15.0 Å². The zero-order valence-corrected chi connectivity index (χ0v) is 31.5. The SMILES string of the molecule is C1=CC(c2nc(-c3ccccc3)nc(-c3cccc(-n4c5ccc6ccccc6c5c5c6ccccc6ccc54)c3)n2)Cc2c1n(-c1ccccc1)c1ccccc21. The summed E-state index contributed by atoms with van der Waals surface area (Å²) in [5, 5.41) is 8.75. The van der Waals surface area contributed by atoms with Gasteiger partial charge in [-0.25, -0.2) is 15.0 Å². The first-order chi connectivity index (χ1) is 28.8. The van der Waals surface area contributed by atoms with Crippen LogP contribution in [0.25, 0.3) is 94.5 Å². The van der Waals surface area contributed by atoms with E-state index in [1.165, 1.54) is 65.5 Å². The van der Waals surface area contributed by atoms with Crippen LogP contribution in [-0.4, -0.2) is 24.1 Å². The van der Waals surface area contributed by atoms with Gasteiger partial charge in [-0.05, 0) is 82.1 Å². The molecule has 3 heterocycles. The van der Waals surface area contributed by atoms with E-state index in [1.807, 2.05) is 18.2 Å². The van der Waals surface area contributed by atoms with Gasteiger partial charge in [-0.3, -0.25) is 0 Å². The van der Waals surface area contributed by atoms with E-state index in [0.29, 0.717) is 11.6 Å². The second kappa shape index (κ2) is 13.0. The summed E-state index contributed by atoms with van der Waals surface area (Å²) in [7, 11) is 0. The van der Waals surface area contributed by atoms with Crippen LogP contribution in [-0.2, 0) is 6.42 Å². The fourth-order valence-electron chi connectivity index (χ4n) is 9.26. The van der Waals surface area contributed by atoms with Crippen molar-refractivity contribution in [3.63, 3.8) is 0 Å². The lowest BCUT2D eigenvalue weighted by Gasteiger charge is -2.19. The average molecular weight is 742 g/mol. The molecule has 8 aromatic carbocycles. The zero-order chi connectivity index (χ0) is 38.2. The summed E-state index contributed by atoms with van der Waals surface area (Å²) in [5.74, 6) is 2.07. The first-order valence-electron chi connectivity index (χ1n) is 19.9. The minimum Gasteiger partial charge on any atom is -0.310 e. The van der Waals surface area contributed by atoms with Gasteiger partial charge in [0.15, 0.2) is 11.6 Å². The molecule has 0 amide bonds. The predicted molar refractivity (Wildman–Crippen MR) is 239 cm³/mol. The Morgan fingerprint density at radius 1 is 0.431 bits per heavy atom. The van der Waals surface area contributed by atoms with Crippen LogP contribution >= 0.6 is 0 Å². The van der Waals surface area contributed by atoms with Crippen molar-refractivity contribution in [1.29, 1.82) is 0 Å². The molecule has 12 rings (SSSR count). The van der Waals surface area contributed by atoms with Crippen molar-refractivity contribution in [2.45, 2.75) is 12.3 Å². The van der Waals surface area contributed by atoms with Crippen LogP contribution in [0.1, 0.15) is 23.0 Å². The third-order valence-corrected chi connectivity index (χ3v) is 11.9. The largest absolute Gasteiger partial charge is 0.310 e. The topological polar surface area (TPSA) is 48.5 Å². The Morgan fingerprint density at radius 3 is 1.71 bits per heavy atom. The number of aromatic nitrogens is 5. The van der Waals surface area contributed by atoms with Gasteiger partial charge in [0, 0.05) is 50.3 Å². The highest BCUT2D eigenvalue weighted by molar-refractivity contribution is 6.28. The molecule has 0 radical (unpaired) electrons. The van der Waals surface area contributed by atoms with E-state index in [1.54, 1.807) is 0 Å². The lowest BCUT2D eigenvalue weighted by atomic mass is 9.91. The van der Waals surface area contributed by atoms with Gasteiger partial charge in [0.25, 0.3) is 0 Å². The van der Waals surface area contributed by atoms with E-state index in [9.17, 15) is 0 Å². The van der Waals surface area contributed by atoms with Crippen LogP contribution in [0, 0.1) is 0 Å². The van der Waals surface area contributed by atoms with Crippen LogP contribution in [0.15, 0.2) is 188 Å². The molecular formula is C53H35N5. The number of hydrogen-bond donors (Lipinski definition) is 0. The molecule has 0 saturated carbocycles. The van der Waals surface area contributed by atoms with Gasteiger partial charge < -0.3 is 9.13 Å². The van der Waals surface area contributed by atoms with Crippen molar-refractivity contribution in [2.75, 3.05) is 0 Å². The molecule has 1 unspecified atom stereocenters. The molecule has 0 aliphatic heterocycles. The van der Waals surface area contributed by atoms with Crippen LogP contribution in [0.2, 0.25) is 0 Å². The highest BCUT2D eigenvalue weighted by atomic mass is 15.0. The Bertz CT molecular complexity index is 3340. The molecule has 1 aliphatic carbocycles. The van der Waals surface area contributed by atoms with E-state index in [2.05, 4.69) is 185 Å². The van der Waals surface area contributed by atoms with Gasteiger partial charge in [-0.2, -0.15) is 0 Å². The second-order valence-corrected chi connectivity index (χ2v) is 15.2. The summed E-state index contributed by atoms with van der Waals surface area (Å²) >= 11 is 0. The van der Waals surface area contributed by atoms with Gasteiger partial charge in [0.05, 0.1) is 16.6 Å². The monoisotopic (exact) mass is 741 g/mol. The molecule has 0 fully saturated rings. The van der Waals surface area contributed by atoms with E-state index >= 15 is 0 Å². The first kappa shape index (κ1) is 32.6. The van der Waals surface area contributed by atoms with Crippen molar-refractivity contribution >= 4 is 60.3 Å². The van der Waals surface area contributed by atoms with Crippen molar-refractivity contribution in [1.82, 2.24) is 24.1 Å². The van der Waals surface area contributed by atoms with Crippen molar-refractivity contribution in [3.8, 4) is 34.2 Å². The summed E-state index contributed by atoms with van der Waals surface area (Å²) in [4.78, 5) is 15.7. The van der Waals surface area contributed by atoms with Crippen LogP contribution in [0.5, 0.6) is 0 Å². The third kappa shape index (κ3) is 5.07. The van der Waals surface area contributed by atoms with Gasteiger partial charge in [-0.1, -0.05) is 146 Å². The minimum atomic E-state index is -0.0335. The van der Waals surface area contributed by atoms with E-state index in [0.717, 1.165) is 34.7 Å². The fraction of sp³-hybridized carbons (Fsp3) is 0.0377. The van der Waals surface area contributed by atoms with Crippen molar-refractivity contribution in [2.24, 2.45) is 0 Å². The summed E-state index contributed by atoms with van der Waals surface area (Å²) in [6.45, 7) is 0. The number of rotatable bonds is 5. The number of nitrogens with zero attached hydrogens (tertiary/aromatic N) is 5. The molecule has 0 bridgehead atoms. The Kier molecular flexibility index (Phi) is 7.29. The third-order valence-electron chi connectivity index (χ3n) is 11.9. The van der Waals surface area contributed by atoms with E-state index < -0.39 is 0 Å². The fourth-order valence-corrected chi connectivity index (χ4v) is 9.26.